The molecule has 1 aromatic rings. The molecule has 1 unspecified atom stereocenters. The Bertz CT molecular complexity index is 443. The summed E-state index contributed by atoms with van der Waals surface area (Å²) in [5.41, 5.74) is 3.65. The van der Waals surface area contributed by atoms with Gasteiger partial charge in [-0.2, -0.15) is 0 Å². The Balaban J connectivity index is 1.95. The SMILES string of the molecule is CCC1(C(c2ccc(C)cc2)C2CCCCC2)CCCCC1. The van der Waals surface area contributed by atoms with Gasteiger partial charge in [-0.1, -0.05) is 75.3 Å². The van der Waals surface area contributed by atoms with E-state index in [4.69, 9.17) is 0 Å². The summed E-state index contributed by atoms with van der Waals surface area (Å²) in [6, 6.07) is 9.61. The molecule has 0 bridgehead atoms. The number of rotatable bonds is 4. The number of benzene rings is 1. The minimum Gasteiger partial charge on any atom is -0.0648 e. The van der Waals surface area contributed by atoms with Gasteiger partial charge >= 0.3 is 0 Å². The quantitative estimate of drug-likeness (QED) is 0.560. The van der Waals surface area contributed by atoms with E-state index in [0.29, 0.717) is 5.41 Å². The van der Waals surface area contributed by atoms with Gasteiger partial charge in [0.25, 0.3) is 0 Å². The van der Waals surface area contributed by atoms with Crippen LogP contribution in [0.1, 0.15) is 94.6 Å². The zero-order valence-corrected chi connectivity index (χ0v) is 14.7. The Hall–Kier alpha value is -0.780. The molecule has 122 valence electrons. The van der Waals surface area contributed by atoms with Crippen LogP contribution < -0.4 is 0 Å². The number of hydrogen-bond donors (Lipinski definition) is 0. The molecule has 0 heteroatoms. The van der Waals surface area contributed by atoms with E-state index in [2.05, 4.69) is 38.1 Å². The van der Waals surface area contributed by atoms with Gasteiger partial charge in [0.2, 0.25) is 0 Å². The zero-order chi connectivity index (χ0) is 15.4. The Kier molecular flexibility index (Phi) is 5.26. The highest BCUT2D eigenvalue weighted by molar-refractivity contribution is 5.27. The molecule has 0 amide bonds. The Labute approximate surface area is 137 Å². The van der Waals surface area contributed by atoms with Crippen molar-refractivity contribution in [2.45, 2.75) is 90.4 Å². The van der Waals surface area contributed by atoms with Gasteiger partial charge in [0, 0.05) is 0 Å². The van der Waals surface area contributed by atoms with Crippen LogP contribution in [0, 0.1) is 18.3 Å². The molecule has 0 saturated heterocycles. The van der Waals surface area contributed by atoms with Crippen molar-refractivity contribution >= 4 is 0 Å². The van der Waals surface area contributed by atoms with Gasteiger partial charge in [-0.05, 0) is 61.8 Å². The van der Waals surface area contributed by atoms with Crippen LogP contribution in [0.25, 0.3) is 0 Å². The molecular weight excluding hydrogens is 264 g/mol. The second-order valence-corrected chi connectivity index (χ2v) is 8.06. The predicted octanol–water partition coefficient (Wildman–Crippen LogP) is 7.02. The summed E-state index contributed by atoms with van der Waals surface area (Å²) < 4.78 is 0. The third-order valence-electron chi connectivity index (χ3n) is 6.77. The standard InChI is InChI=1S/C22H34/c1-3-22(16-8-5-9-17-22)21(19-10-6-4-7-11-19)20-14-12-18(2)13-15-20/h12-15,19,21H,3-11,16-17H2,1-2H3. The summed E-state index contributed by atoms with van der Waals surface area (Å²) >= 11 is 0. The van der Waals surface area contributed by atoms with Gasteiger partial charge in [-0.25, -0.2) is 0 Å². The predicted molar refractivity (Wildman–Crippen MR) is 96.3 cm³/mol. The lowest BCUT2D eigenvalue weighted by atomic mass is 9.57. The molecule has 0 heterocycles. The van der Waals surface area contributed by atoms with Gasteiger partial charge in [-0.15, -0.1) is 0 Å². The topological polar surface area (TPSA) is 0 Å². The molecule has 0 nitrogen and oxygen atoms in total. The van der Waals surface area contributed by atoms with Crippen molar-refractivity contribution in [2.24, 2.45) is 11.3 Å². The fourth-order valence-corrected chi connectivity index (χ4v) is 5.51. The normalized spacial score (nSPS) is 24.1. The molecule has 0 aliphatic heterocycles. The smallest absolute Gasteiger partial charge is 0.00771 e. The molecular formula is C22H34. The monoisotopic (exact) mass is 298 g/mol. The maximum atomic E-state index is 2.47. The van der Waals surface area contributed by atoms with Crippen LogP contribution in [0.15, 0.2) is 24.3 Å². The van der Waals surface area contributed by atoms with E-state index >= 15 is 0 Å². The minimum atomic E-state index is 0.593. The molecule has 1 atom stereocenters. The van der Waals surface area contributed by atoms with Crippen molar-refractivity contribution in [3.05, 3.63) is 35.4 Å². The van der Waals surface area contributed by atoms with Gasteiger partial charge in [0.1, 0.15) is 0 Å². The lowest BCUT2D eigenvalue weighted by Gasteiger charge is -2.48. The van der Waals surface area contributed by atoms with Crippen LogP contribution in [0.2, 0.25) is 0 Å². The van der Waals surface area contributed by atoms with Crippen molar-refractivity contribution < 1.29 is 0 Å². The molecule has 0 spiro atoms. The van der Waals surface area contributed by atoms with Crippen molar-refractivity contribution in [2.75, 3.05) is 0 Å². The average molecular weight is 299 g/mol. The van der Waals surface area contributed by atoms with E-state index < -0.39 is 0 Å². The molecule has 2 saturated carbocycles. The van der Waals surface area contributed by atoms with E-state index in [1.54, 1.807) is 5.56 Å². The summed E-state index contributed by atoms with van der Waals surface area (Å²) in [6.07, 6.45) is 16.1. The lowest BCUT2D eigenvalue weighted by Crippen LogP contribution is -2.36. The van der Waals surface area contributed by atoms with Crippen LogP contribution >= 0.6 is 0 Å². The van der Waals surface area contributed by atoms with Gasteiger partial charge < -0.3 is 0 Å². The highest BCUT2D eigenvalue weighted by Gasteiger charge is 2.42. The van der Waals surface area contributed by atoms with E-state index in [9.17, 15) is 0 Å². The summed E-state index contributed by atoms with van der Waals surface area (Å²) in [5.74, 6) is 1.76. The highest BCUT2D eigenvalue weighted by Crippen LogP contribution is 2.55. The first-order valence-corrected chi connectivity index (χ1v) is 9.82. The van der Waals surface area contributed by atoms with Gasteiger partial charge in [-0.3, -0.25) is 0 Å². The zero-order valence-electron chi connectivity index (χ0n) is 14.7. The van der Waals surface area contributed by atoms with Gasteiger partial charge in [0.15, 0.2) is 0 Å². The van der Waals surface area contributed by atoms with Crippen LogP contribution in [0.3, 0.4) is 0 Å². The summed E-state index contributed by atoms with van der Waals surface area (Å²) in [4.78, 5) is 0. The number of aryl methyl sites for hydroxylation is 1. The van der Waals surface area contributed by atoms with Gasteiger partial charge in [0.05, 0.1) is 0 Å². The third-order valence-corrected chi connectivity index (χ3v) is 6.77. The average Bonchev–Trinajstić information content (AvgIpc) is 2.59. The first-order chi connectivity index (χ1) is 10.7. The van der Waals surface area contributed by atoms with E-state index in [0.717, 1.165) is 11.8 Å². The molecule has 2 aliphatic rings. The second-order valence-electron chi connectivity index (χ2n) is 8.06. The molecule has 3 rings (SSSR count). The van der Waals surface area contributed by atoms with Crippen LogP contribution in [-0.4, -0.2) is 0 Å². The van der Waals surface area contributed by atoms with E-state index in [1.165, 1.54) is 76.2 Å². The lowest BCUT2D eigenvalue weighted by molar-refractivity contribution is 0.0837. The van der Waals surface area contributed by atoms with Crippen molar-refractivity contribution in [3.63, 3.8) is 0 Å². The molecule has 0 N–H and O–H groups in total. The molecule has 22 heavy (non-hydrogen) atoms. The van der Waals surface area contributed by atoms with Crippen LogP contribution in [0.5, 0.6) is 0 Å². The minimum absolute atomic E-state index is 0.593. The largest absolute Gasteiger partial charge is 0.0648 e. The molecule has 2 fully saturated rings. The fraction of sp³-hybridized carbons (Fsp3) is 0.727. The fourth-order valence-electron chi connectivity index (χ4n) is 5.51. The summed E-state index contributed by atoms with van der Waals surface area (Å²) in [6.45, 7) is 4.69. The summed E-state index contributed by atoms with van der Waals surface area (Å²) in [7, 11) is 0. The summed E-state index contributed by atoms with van der Waals surface area (Å²) in [5, 5.41) is 0. The number of hydrogen-bond acceptors (Lipinski definition) is 0. The van der Waals surface area contributed by atoms with Crippen molar-refractivity contribution in [1.29, 1.82) is 0 Å². The second kappa shape index (κ2) is 7.20. The van der Waals surface area contributed by atoms with E-state index in [1.807, 2.05) is 0 Å². The molecule has 0 radical (unpaired) electrons. The molecule has 0 aromatic heterocycles. The Morgan fingerprint density at radius 1 is 0.909 bits per heavy atom. The highest BCUT2D eigenvalue weighted by atomic mass is 14.5. The van der Waals surface area contributed by atoms with E-state index in [-0.39, 0.29) is 0 Å². The first kappa shape index (κ1) is 16.1. The maximum absolute atomic E-state index is 2.47. The molecule has 1 aromatic carbocycles. The van der Waals surface area contributed by atoms with Crippen LogP contribution in [0.4, 0.5) is 0 Å². The Morgan fingerprint density at radius 2 is 1.50 bits per heavy atom. The Morgan fingerprint density at radius 3 is 2.09 bits per heavy atom. The van der Waals surface area contributed by atoms with Crippen molar-refractivity contribution in [1.82, 2.24) is 0 Å². The first-order valence-electron chi connectivity index (χ1n) is 9.82. The van der Waals surface area contributed by atoms with Crippen molar-refractivity contribution in [3.8, 4) is 0 Å². The maximum Gasteiger partial charge on any atom is -0.00771 e. The molecule has 2 aliphatic carbocycles. The third kappa shape index (κ3) is 3.26. The van der Waals surface area contributed by atoms with Crippen LogP contribution in [-0.2, 0) is 0 Å².